The van der Waals surface area contributed by atoms with E-state index in [1.54, 1.807) is 30.3 Å². The molecule has 1 aliphatic rings. The number of aryl methyl sites for hydroxylation is 4. The van der Waals surface area contributed by atoms with Crippen molar-refractivity contribution in [2.75, 3.05) is 4.31 Å². The van der Waals surface area contributed by atoms with Crippen LogP contribution in [0.2, 0.25) is 36.3 Å². The number of sulfonamides is 1. The molecule has 0 bridgehead atoms. The Labute approximate surface area is 308 Å². The third kappa shape index (κ3) is 6.39. The van der Waals surface area contributed by atoms with E-state index in [-0.39, 0.29) is 15.0 Å². The lowest BCUT2D eigenvalue weighted by Crippen LogP contribution is -2.45. The van der Waals surface area contributed by atoms with Crippen molar-refractivity contribution in [2.24, 2.45) is 0 Å². The van der Waals surface area contributed by atoms with Gasteiger partial charge in [-0.15, -0.1) is 0 Å². The maximum atomic E-state index is 15.5. The van der Waals surface area contributed by atoms with Gasteiger partial charge >= 0.3 is 0 Å². The molecule has 0 saturated heterocycles. The molecule has 5 rings (SSSR count). The SMILES string of the molecule is Cc1cc(C2(c3cc(C)c(O[Si](C)(C)C(C)(C)C)c(C)c3)C(=O)N(S(=O)(=O)c3ccccc3)c3ccccc32)cc(C)c1O[Si](C)(C)C(C)(C)C. The Morgan fingerprint density at radius 1 is 0.608 bits per heavy atom. The zero-order valence-corrected chi connectivity index (χ0v) is 35.7. The van der Waals surface area contributed by atoms with Gasteiger partial charge < -0.3 is 8.85 Å². The lowest BCUT2D eigenvalue weighted by Gasteiger charge is -2.38. The highest BCUT2D eigenvalue weighted by Gasteiger charge is 2.57. The zero-order chi connectivity index (χ0) is 38.1. The molecule has 4 aromatic rings. The molecule has 0 unspecified atom stereocenters. The van der Waals surface area contributed by atoms with Crippen LogP contribution in [-0.4, -0.2) is 31.0 Å². The average molecular weight is 742 g/mol. The summed E-state index contributed by atoms with van der Waals surface area (Å²) in [5.41, 5.74) is 4.47. The summed E-state index contributed by atoms with van der Waals surface area (Å²) >= 11 is 0. The summed E-state index contributed by atoms with van der Waals surface area (Å²) in [6.07, 6.45) is 0. The number of nitrogens with zero attached hydrogens (tertiary/aromatic N) is 1. The highest BCUT2D eigenvalue weighted by Crippen LogP contribution is 2.54. The summed E-state index contributed by atoms with van der Waals surface area (Å²) < 4.78 is 43.8. The molecule has 1 amide bonds. The van der Waals surface area contributed by atoms with E-state index in [9.17, 15) is 8.42 Å². The fraction of sp³-hybridized carbons (Fsp3) is 0.405. The van der Waals surface area contributed by atoms with Gasteiger partial charge in [0.2, 0.25) is 0 Å². The largest absolute Gasteiger partial charge is 0.543 e. The lowest BCUT2D eigenvalue weighted by molar-refractivity contribution is -0.119. The van der Waals surface area contributed by atoms with Crippen LogP contribution < -0.4 is 13.2 Å². The molecule has 0 aromatic heterocycles. The Hall–Kier alpha value is -3.67. The molecule has 272 valence electrons. The van der Waals surface area contributed by atoms with E-state index in [0.717, 1.165) is 38.1 Å². The van der Waals surface area contributed by atoms with Crippen LogP contribution in [0, 0.1) is 27.7 Å². The smallest absolute Gasteiger partial charge is 0.270 e. The zero-order valence-electron chi connectivity index (χ0n) is 32.9. The number of hydrogen-bond donors (Lipinski definition) is 0. The molecule has 51 heavy (non-hydrogen) atoms. The van der Waals surface area contributed by atoms with Gasteiger partial charge in [-0.2, -0.15) is 0 Å². The van der Waals surface area contributed by atoms with E-state index in [2.05, 4.69) is 67.7 Å². The molecule has 0 spiro atoms. The van der Waals surface area contributed by atoms with Crippen molar-refractivity contribution >= 4 is 38.3 Å². The minimum atomic E-state index is -4.28. The van der Waals surface area contributed by atoms with E-state index in [1.165, 1.54) is 12.1 Å². The summed E-state index contributed by atoms with van der Waals surface area (Å²) in [7, 11) is -8.69. The Morgan fingerprint density at radius 3 is 1.37 bits per heavy atom. The second kappa shape index (κ2) is 12.8. The van der Waals surface area contributed by atoms with Gasteiger partial charge in [0.05, 0.1) is 10.6 Å². The third-order valence-corrected chi connectivity index (χ3v) is 21.8. The molecule has 0 N–H and O–H groups in total. The van der Waals surface area contributed by atoms with Gasteiger partial charge in [0.15, 0.2) is 0 Å². The van der Waals surface area contributed by atoms with Crippen LogP contribution in [0.3, 0.4) is 0 Å². The fourth-order valence-corrected chi connectivity index (χ4v) is 10.2. The van der Waals surface area contributed by atoms with Crippen LogP contribution in [0.4, 0.5) is 5.69 Å². The quantitative estimate of drug-likeness (QED) is 0.168. The maximum absolute atomic E-state index is 15.5. The van der Waals surface area contributed by atoms with E-state index >= 15 is 4.79 Å². The van der Waals surface area contributed by atoms with Crippen LogP contribution in [0.1, 0.15) is 80.5 Å². The van der Waals surface area contributed by atoms with E-state index in [0.29, 0.717) is 22.4 Å². The van der Waals surface area contributed by atoms with Crippen LogP contribution in [0.25, 0.3) is 0 Å². The molecule has 0 atom stereocenters. The minimum Gasteiger partial charge on any atom is -0.543 e. The number of hydrogen-bond acceptors (Lipinski definition) is 5. The summed E-state index contributed by atoms with van der Waals surface area (Å²) in [5, 5.41) is -0.0244. The number of carbonyl (C=O) groups is 1. The molecule has 0 radical (unpaired) electrons. The average Bonchev–Trinajstić information content (AvgIpc) is 3.29. The van der Waals surface area contributed by atoms with Crippen LogP contribution in [0.15, 0.2) is 83.8 Å². The van der Waals surface area contributed by atoms with Crippen molar-refractivity contribution in [1.82, 2.24) is 0 Å². The normalized spacial score (nSPS) is 15.2. The molecule has 6 nitrogen and oxygen atoms in total. The van der Waals surface area contributed by atoms with Crippen LogP contribution in [-0.2, 0) is 20.2 Å². The molecule has 0 aliphatic carbocycles. The highest BCUT2D eigenvalue weighted by atomic mass is 32.2. The first-order valence-corrected chi connectivity index (χ1v) is 25.0. The Morgan fingerprint density at radius 2 is 0.980 bits per heavy atom. The Kier molecular flexibility index (Phi) is 9.66. The number of para-hydroxylation sites is 1. The highest BCUT2D eigenvalue weighted by molar-refractivity contribution is 7.93. The van der Waals surface area contributed by atoms with E-state index < -0.39 is 38.0 Å². The minimum absolute atomic E-state index is 0.0122. The molecule has 1 heterocycles. The molecule has 9 heteroatoms. The van der Waals surface area contributed by atoms with Gasteiger partial charge in [0, 0.05) is 5.56 Å². The number of rotatable bonds is 8. The van der Waals surface area contributed by atoms with Crippen LogP contribution >= 0.6 is 0 Å². The van der Waals surface area contributed by atoms with Gasteiger partial charge in [-0.3, -0.25) is 4.79 Å². The maximum Gasteiger partial charge on any atom is 0.270 e. The second-order valence-electron chi connectivity index (χ2n) is 17.3. The third-order valence-electron chi connectivity index (χ3n) is 11.4. The number of benzene rings is 4. The van der Waals surface area contributed by atoms with Crippen LogP contribution in [0.5, 0.6) is 11.5 Å². The van der Waals surface area contributed by atoms with Crippen molar-refractivity contribution in [3.63, 3.8) is 0 Å². The van der Waals surface area contributed by atoms with Gasteiger partial charge in [0.1, 0.15) is 16.9 Å². The van der Waals surface area contributed by atoms with E-state index in [1.807, 2.05) is 64.1 Å². The molecular formula is C42H55NO5SSi2. The standard InChI is InChI=1S/C42H55NO5SSi2/c1-28-24-32(25-29(2)37(28)47-50(11,12)40(5,6)7)42(33-26-30(3)38(31(4)27-33)48-51(13,14)41(8,9)10)35-22-18-19-23-36(35)43(39(42)44)49(45,46)34-20-16-15-17-21-34/h15-27H,1-14H3. The first-order chi connectivity index (χ1) is 23.4. The summed E-state index contributed by atoms with van der Waals surface area (Å²) in [5.74, 6) is 1.10. The Balaban J connectivity index is 1.84. The van der Waals surface area contributed by atoms with Gasteiger partial charge in [-0.25, -0.2) is 12.7 Å². The lowest BCUT2D eigenvalue weighted by atomic mass is 9.69. The van der Waals surface area contributed by atoms with Gasteiger partial charge in [0.25, 0.3) is 32.6 Å². The number of carbonyl (C=O) groups excluding carboxylic acids is 1. The predicted octanol–water partition coefficient (Wildman–Crippen LogP) is 10.8. The topological polar surface area (TPSA) is 72.9 Å². The molecule has 0 saturated carbocycles. The van der Waals surface area contributed by atoms with Crippen molar-refractivity contribution in [1.29, 1.82) is 0 Å². The van der Waals surface area contributed by atoms with Crippen molar-refractivity contribution in [2.45, 2.75) is 116 Å². The van der Waals surface area contributed by atoms with Crippen molar-refractivity contribution in [3.05, 3.63) is 118 Å². The predicted molar refractivity (Wildman–Crippen MR) is 215 cm³/mol. The fourth-order valence-electron chi connectivity index (χ4n) is 6.48. The summed E-state index contributed by atoms with van der Waals surface area (Å²) in [6, 6.07) is 23.6. The first-order valence-electron chi connectivity index (χ1n) is 17.7. The number of anilines is 1. The van der Waals surface area contributed by atoms with Gasteiger partial charge in [-0.05, 0) is 116 Å². The summed E-state index contributed by atoms with van der Waals surface area (Å²) in [6.45, 7) is 30.3. The van der Waals surface area contributed by atoms with Crippen molar-refractivity contribution < 1.29 is 22.1 Å². The molecule has 4 aromatic carbocycles. The molecule has 0 fully saturated rings. The Bertz CT molecular complexity index is 1980. The van der Waals surface area contributed by atoms with Crippen molar-refractivity contribution in [3.8, 4) is 11.5 Å². The molecule has 1 aliphatic heterocycles. The first kappa shape index (κ1) is 38.6. The second-order valence-corrected chi connectivity index (χ2v) is 28.5. The van der Waals surface area contributed by atoms with Gasteiger partial charge in [-0.1, -0.05) is 102 Å². The monoisotopic (exact) mass is 741 g/mol. The molecular weight excluding hydrogens is 687 g/mol. The van der Waals surface area contributed by atoms with E-state index in [4.69, 9.17) is 8.85 Å². The number of amides is 1. The summed E-state index contributed by atoms with van der Waals surface area (Å²) in [4.78, 5) is 15.6. The number of fused-ring (bicyclic) bond motifs is 1.